The molecule has 0 aliphatic rings. The van der Waals surface area contributed by atoms with Crippen LogP contribution in [0.5, 0.6) is 0 Å². The number of carbonyl (C=O) groups excluding carboxylic acids is 2. The van der Waals surface area contributed by atoms with Crippen LogP contribution in [0, 0.1) is 19.8 Å². The Kier molecular flexibility index (Phi) is 6.52. The molecule has 0 fully saturated rings. The molecule has 0 spiro atoms. The third-order valence-electron chi connectivity index (χ3n) is 3.65. The van der Waals surface area contributed by atoms with Crippen molar-refractivity contribution in [1.82, 2.24) is 10.2 Å². The lowest BCUT2D eigenvalue weighted by atomic mass is 10.1. The number of amides is 2. The average molecular weight is 358 g/mol. The molecule has 0 radical (unpaired) electrons. The van der Waals surface area contributed by atoms with E-state index in [1.54, 1.807) is 12.1 Å². The van der Waals surface area contributed by atoms with Crippen LogP contribution in [0.1, 0.15) is 25.0 Å². The Morgan fingerprint density at radius 3 is 2.48 bits per heavy atom. The van der Waals surface area contributed by atoms with Crippen molar-refractivity contribution < 1.29 is 9.59 Å². The standard InChI is InChI=1S/C18H22N4O2S/c1-11(2)18(24)20-15-8-9-17(22-21-15)25-10-16(23)19-14-7-5-6-12(3)13(14)4/h5-9,11H,10H2,1-4H3,(H,19,23)(H,20,21,24). The van der Waals surface area contributed by atoms with Crippen LogP contribution in [0.4, 0.5) is 11.5 Å². The summed E-state index contributed by atoms with van der Waals surface area (Å²) in [4.78, 5) is 23.7. The number of aryl methyl sites for hydroxylation is 1. The summed E-state index contributed by atoms with van der Waals surface area (Å²) in [6.07, 6.45) is 0. The van der Waals surface area contributed by atoms with Crippen molar-refractivity contribution in [2.45, 2.75) is 32.7 Å². The maximum Gasteiger partial charge on any atom is 0.234 e. The van der Waals surface area contributed by atoms with Gasteiger partial charge in [0.05, 0.1) is 5.75 Å². The zero-order valence-electron chi connectivity index (χ0n) is 14.8. The van der Waals surface area contributed by atoms with Gasteiger partial charge in [-0.1, -0.05) is 37.7 Å². The smallest absolute Gasteiger partial charge is 0.234 e. The van der Waals surface area contributed by atoms with E-state index < -0.39 is 0 Å². The Bertz CT molecular complexity index is 760. The van der Waals surface area contributed by atoms with Gasteiger partial charge in [0, 0.05) is 11.6 Å². The maximum atomic E-state index is 12.1. The molecule has 0 saturated heterocycles. The molecule has 2 amide bonds. The first-order chi connectivity index (χ1) is 11.9. The van der Waals surface area contributed by atoms with Crippen LogP contribution in [-0.4, -0.2) is 27.8 Å². The third-order valence-corrected chi connectivity index (χ3v) is 4.57. The molecule has 0 bridgehead atoms. The van der Waals surface area contributed by atoms with Crippen LogP contribution >= 0.6 is 11.8 Å². The lowest BCUT2D eigenvalue weighted by Gasteiger charge is -2.10. The van der Waals surface area contributed by atoms with E-state index in [4.69, 9.17) is 0 Å². The van der Waals surface area contributed by atoms with E-state index in [9.17, 15) is 9.59 Å². The third kappa shape index (κ3) is 5.56. The van der Waals surface area contributed by atoms with Crippen LogP contribution in [0.15, 0.2) is 35.4 Å². The van der Waals surface area contributed by atoms with Crippen LogP contribution in [0.2, 0.25) is 0 Å². The lowest BCUT2D eigenvalue weighted by Crippen LogP contribution is -2.18. The Morgan fingerprint density at radius 2 is 1.84 bits per heavy atom. The molecule has 0 atom stereocenters. The highest BCUT2D eigenvalue weighted by Gasteiger charge is 2.10. The molecule has 0 aliphatic carbocycles. The van der Waals surface area contributed by atoms with Crippen molar-refractivity contribution in [2.75, 3.05) is 16.4 Å². The predicted molar refractivity (Wildman–Crippen MR) is 101 cm³/mol. The normalized spacial score (nSPS) is 10.6. The second-order valence-electron chi connectivity index (χ2n) is 5.99. The summed E-state index contributed by atoms with van der Waals surface area (Å²) in [6.45, 7) is 7.60. The first-order valence-electron chi connectivity index (χ1n) is 8.00. The van der Waals surface area contributed by atoms with Crippen LogP contribution in [0.3, 0.4) is 0 Å². The summed E-state index contributed by atoms with van der Waals surface area (Å²) >= 11 is 1.29. The summed E-state index contributed by atoms with van der Waals surface area (Å²) in [6, 6.07) is 9.23. The molecule has 132 valence electrons. The lowest BCUT2D eigenvalue weighted by molar-refractivity contribution is -0.119. The summed E-state index contributed by atoms with van der Waals surface area (Å²) < 4.78 is 0. The minimum Gasteiger partial charge on any atom is -0.325 e. The molecule has 1 aromatic carbocycles. The SMILES string of the molecule is Cc1cccc(NC(=O)CSc2ccc(NC(=O)C(C)C)nn2)c1C. The van der Waals surface area contributed by atoms with Gasteiger partial charge in [0.15, 0.2) is 5.82 Å². The highest BCUT2D eigenvalue weighted by atomic mass is 32.2. The van der Waals surface area contributed by atoms with Crippen molar-refractivity contribution in [2.24, 2.45) is 5.92 Å². The molecular weight excluding hydrogens is 336 g/mol. The highest BCUT2D eigenvalue weighted by molar-refractivity contribution is 7.99. The average Bonchev–Trinajstić information content (AvgIpc) is 2.58. The van der Waals surface area contributed by atoms with Gasteiger partial charge in [-0.15, -0.1) is 10.2 Å². The van der Waals surface area contributed by atoms with Gasteiger partial charge in [-0.3, -0.25) is 9.59 Å². The predicted octanol–water partition coefficient (Wildman–Crippen LogP) is 3.42. The maximum absolute atomic E-state index is 12.1. The number of benzene rings is 1. The molecule has 0 unspecified atom stereocenters. The summed E-state index contributed by atoms with van der Waals surface area (Å²) in [5, 5.41) is 14.2. The number of rotatable bonds is 6. The number of hydrogen-bond donors (Lipinski definition) is 2. The van der Waals surface area contributed by atoms with Gasteiger partial charge in [0.1, 0.15) is 5.03 Å². The number of nitrogens with zero attached hydrogens (tertiary/aromatic N) is 2. The molecule has 6 nitrogen and oxygen atoms in total. The van der Waals surface area contributed by atoms with Crippen molar-refractivity contribution in [3.63, 3.8) is 0 Å². The fourth-order valence-electron chi connectivity index (χ4n) is 1.95. The second kappa shape index (κ2) is 8.62. The molecule has 2 rings (SSSR count). The zero-order chi connectivity index (χ0) is 18.4. The van der Waals surface area contributed by atoms with Crippen molar-refractivity contribution >= 4 is 35.1 Å². The van der Waals surface area contributed by atoms with E-state index in [1.165, 1.54) is 11.8 Å². The van der Waals surface area contributed by atoms with Gasteiger partial charge in [0.2, 0.25) is 11.8 Å². The van der Waals surface area contributed by atoms with E-state index in [1.807, 2.05) is 45.9 Å². The Hall–Kier alpha value is -2.41. The number of thioether (sulfide) groups is 1. The largest absolute Gasteiger partial charge is 0.325 e. The zero-order valence-corrected chi connectivity index (χ0v) is 15.6. The topological polar surface area (TPSA) is 84.0 Å². The molecule has 2 N–H and O–H groups in total. The van der Waals surface area contributed by atoms with Crippen LogP contribution in [0.25, 0.3) is 0 Å². The fraction of sp³-hybridized carbons (Fsp3) is 0.333. The molecule has 25 heavy (non-hydrogen) atoms. The van der Waals surface area contributed by atoms with Gasteiger partial charge in [0.25, 0.3) is 0 Å². The number of carbonyl (C=O) groups is 2. The number of anilines is 2. The Balaban J connectivity index is 1.87. The quantitative estimate of drug-likeness (QED) is 0.773. The number of aromatic nitrogens is 2. The van der Waals surface area contributed by atoms with Crippen molar-refractivity contribution in [3.8, 4) is 0 Å². The molecule has 0 saturated carbocycles. The Labute approximate surface area is 151 Å². The molecule has 0 aliphatic heterocycles. The summed E-state index contributed by atoms with van der Waals surface area (Å²) in [5.74, 6) is 0.313. The monoisotopic (exact) mass is 358 g/mol. The van der Waals surface area contributed by atoms with Gasteiger partial charge in [-0.25, -0.2) is 0 Å². The number of hydrogen-bond acceptors (Lipinski definition) is 5. The van der Waals surface area contributed by atoms with Crippen molar-refractivity contribution in [3.05, 3.63) is 41.5 Å². The van der Waals surface area contributed by atoms with Crippen LogP contribution in [-0.2, 0) is 9.59 Å². The molecular formula is C18H22N4O2S. The first kappa shape index (κ1) is 18.9. The van der Waals surface area contributed by atoms with Gasteiger partial charge < -0.3 is 10.6 Å². The molecule has 1 heterocycles. The van der Waals surface area contributed by atoms with E-state index in [-0.39, 0.29) is 23.5 Å². The van der Waals surface area contributed by atoms with Gasteiger partial charge in [-0.2, -0.15) is 0 Å². The summed E-state index contributed by atoms with van der Waals surface area (Å²) in [7, 11) is 0. The summed E-state index contributed by atoms with van der Waals surface area (Å²) in [5.41, 5.74) is 3.02. The van der Waals surface area contributed by atoms with E-state index in [0.717, 1.165) is 16.8 Å². The minimum absolute atomic E-state index is 0.0994. The Morgan fingerprint density at radius 1 is 1.08 bits per heavy atom. The fourth-order valence-corrected chi connectivity index (χ4v) is 2.56. The minimum atomic E-state index is -0.121. The molecule has 2 aromatic rings. The van der Waals surface area contributed by atoms with Crippen molar-refractivity contribution in [1.29, 1.82) is 0 Å². The van der Waals surface area contributed by atoms with E-state index >= 15 is 0 Å². The van der Waals surface area contributed by atoms with Gasteiger partial charge in [-0.05, 0) is 43.2 Å². The number of nitrogens with one attached hydrogen (secondary N) is 2. The highest BCUT2D eigenvalue weighted by Crippen LogP contribution is 2.20. The van der Waals surface area contributed by atoms with E-state index in [0.29, 0.717) is 10.8 Å². The van der Waals surface area contributed by atoms with Crippen LogP contribution < -0.4 is 10.6 Å². The molecule has 1 aromatic heterocycles. The first-order valence-corrected chi connectivity index (χ1v) is 8.99. The van der Waals surface area contributed by atoms with E-state index in [2.05, 4.69) is 20.8 Å². The molecule has 7 heteroatoms. The second-order valence-corrected chi connectivity index (χ2v) is 6.98. The van der Waals surface area contributed by atoms with Gasteiger partial charge >= 0.3 is 0 Å².